The average Bonchev–Trinajstić information content (AvgIpc) is 2.70. The highest BCUT2D eigenvalue weighted by atomic mass is 16.2. The van der Waals surface area contributed by atoms with E-state index in [9.17, 15) is 4.79 Å². The van der Waals surface area contributed by atoms with Crippen LogP contribution in [0.15, 0.2) is 30.3 Å². The minimum atomic E-state index is 0.264. The summed E-state index contributed by atoms with van der Waals surface area (Å²) in [5, 5.41) is 0. The SMILES string of the molecule is CC.CN1CCC(C(=O)N2CCC(N(C)Cc3ccccc3)CC2)CC1. The second kappa shape index (κ2) is 10.7. The molecule has 0 spiro atoms. The highest BCUT2D eigenvalue weighted by molar-refractivity contribution is 5.79. The van der Waals surface area contributed by atoms with Crippen LogP contribution in [0.5, 0.6) is 0 Å². The number of carbonyl (C=O) groups is 1. The van der Waals surface area contributed by atoms with E-state index in [-0.39, 0.29) is 5.92 Å². The maximum atomic E-state index is 12.7. The fourth-order valence-electron chi connectivity index (χ4n) is 4.04. The van der Waals surface area contributed by atoms with Crippen LogP contribution < -0.4 is 0 Å². The molecule has 2 saturated heterocycles. The second-order valence-corrected chi connectivity index (χ2v) is 7.53. The summed E-state index contributed by atoms with van der Waals surface area (Å²) in [5.41, 5.74) is 1.37. The molecular formula is C22H37N3O. The Labute approximate surface area is 160 Å². The molecule has 0 saturated carbocycles. The normalized spacial score (nSPS) is 20.0. The van der Waals surface area contributed by atoms with Gasteiger partial charge in [0, 0.05) is 31.6 Å². The minimum Gasteiger partial charge on any atom is -0.342 e. The molecular weight excluding hydrogens is 322 g/mol. The van der Waals surface area contributed by atoms with Crippen molar-refractivity contribution in [2.75, 3.05) is 40.3 Å². The van der Waals surface area contributed by atoms with Crippen molar-refractivity contribution >= 4 is 5.91 Å². The van der Waals surface area contributed by atoms with Crippen molar-refractivity contribution in [2.45, 2.75) is 52.1 Å². The molecule has 0 aromatic heterocycles. The van der Waals surface area contributed by atoms with Gasteiger partial charge in [0.05, 0.1) is 0 Å². The molecule has 2 aliphatic rings. The molecule has 4 heteroatoms. The lowest BCUT2D eigenvalue weighted by molar-refractivity contribution is -0.138. The van der Waals surface area contributed by atoms with Crippen LogP contribution in [0.2, 0.25) is 0 Å². The Morgan fingerprint density at radius 2 is 1.58 bits per heavy atom. The number of hydrogen-bond acceptors (Lipinski definition) is 3. The van der Waals surface area contributed by atoms with Crippen molar-refractivity contribution in [3.63, 3.8) is 0 Å². The Kier molecular flexibility index (Phi) is 8.60. The van der Waals surface area contributed by atoms with E-state index in [1.165, 1.54) is 5.56 Å². The number of benzene rings is 1. The fourth-order valence-corrected chi connectivity index (χ4v) is 4.04. The first-order chi connectivity index (χ1) is 12.6. The monoisotopic (exact) mass is 359 g/mol. The third-order valence-corrected chi connectivity index (χ3v) is 5.74. The van der Waals surface area contributed by atoms with Gasteiger partial charge in [-0.25, -0.2) is 0 Å². The molecule has 2 aliphatic heterocycles. The van der Waals surface area contributed by atoms with E-state index in [1.807, 2.05) is 13.8 Å². The molecule has 1 aromatic rings. The summed E-state index contributed by atoms with van der Waals surface area (Å²) in [6.45, 7) is 8.97. The number of rotatable bonds is 4. The Morgan fingerprint density at radius 1 is 1.00 bits per heavy atom. The maximum Gasteiger partial charge on any atom is 0.225 e. The first-order valence-electron chi connectivity index (χ1n) is 10.3. The summed E-state index contributed by atoms with van der Waals surface area (Å²) >= 11 is 0. The first kappa shape index (κ1) is 20.9. The Balaban J connectivity index is 0.00000117. The van der Waals surface area contributed by atoms with Crippen molar-refractivity contribution in [2.24, 2.45) is 5.92 Å². The standard InChI is InChI=1S/C20H31N3O.C2H6/c1-21-12-8-18(9-13-21)20(24)23-14-10-19(11-15-23)22(2)16-17-6-4-3-5-7-17;1-2/h3-7,18-19H,8-16H2,1-2H3;1-2H3. The van der Waals surface area contributed by atoms with Crippen LogP contribution in [-0.4, -0.2) is 66.9 Å². The minimum absolute atomic E-state index is 0.264. The summed E-state index contributed by atoms with van der Waals surface area (Å²) in [6, 6.07) is 11.2. The number of likely N-dealkylation sites (tertiary alicyclic amines) is 2. The third-order valence-electron chi connectivity index (χ3n) is 5.74. The van der Waals surface area contributed by atoms with E-state index in [4.69, 9.17) is 0 Å². The van der Waals surface area contributed by atoms with Crippen LogP contribution in [0.4, 0.5) is 0 Å². The molecule has 4 nitrogen and oxygen atoms in total. The predicted octanol–water partition coefficient (Wildman–Crippen LogP) is 3.48. The summed E-state index contributed by atoms with van der Waals surface area (Å²) < 4.78 is 0. The lowest BCUT2D eigenvalue weighted by atomic mass is 9.94. The maximum absolute atomic E-state index is 12.7. The smallest absolute Gasteiger partial charge is 0.225 e. The highest BCUT2D eigenvalue weighted by Gasteiger charge is 2.31. The van der Waals surface area contributed by atoms with E-state index in [2.05, 4.69) is 59.1 Å². The molecule has 0 bridgehead atoms. The highest BCUT2D eigenvalue weighted by Crippen LogP contribution is 2.23. The summed E-state index contributed by atoms with van der Waals surface area (Å²) in [5.74, 6) is 0.673. The number of carbonyl (C=O) groups excluding carboxylic acids is 1. The summed E-state index contributed by atoms with van der Waals surface area (Å²) in [4.78, 5) is 19.6. The zero-order valence-corrected chi connectivity index (χ0v) is 17.2. The molecule has 1 amide bonds. The molecule has 3 rings (SSSR count). The van der Waals surface area contributed by atoms with E-state index in [0.717, 1.165) is 58.4 Å². The van der Waals surface area contributed by atoms with Crippen LogP contribution in [0.25, 0.3) is 0 Å². The van der Waals surface area contributed by atoms with Crippen molar-refractivity contribution < 1.29 is 4.79 Å². The molecule has 0 unspecified atom stereocenters. The zero-order chi connectivity index (χ0) is 18.9. The lowest BCUT2D eigenvalue weighted by Crippen LogP contribution is -2.48. The van der Waals surface area contributed by atoms with Gasteiger partial charge < -0.3 is 9.80 Å². The first-order valence-corrected chi connectivity index (χ1v) is 10.3. The topological polar surface area (TPSA) is 26.8 Å². The van der Waals surface area contributed by atoms with Crippen molar-refractivity contribution in [3.05, 3.63) is 35.9 Å². The van der Waals surface area contributed by atoms with Gasteiger partial charge in [0.15, 0.2) is 0 Å². The molecule has 1 aromatic carbocycles. The molecule has 2 fully saturated rings. The van der Waals surface area contributed by atoms with Crippen molar-refractivity contribution in [1.29, 1.82) is 0 Å². The number of nitrogens with zero attached hydrogens (tertiary/aromatic N) is 3. The van der Waals surface area contributed by atoms with Gasteiger partial charge in [-0.3, -0.25) is 9.69 Å². The van der Waals surface area contributed by atoms with E-state index in [1.54, 1.807) is 0 Å². The summed E-state index contributed by atoms with van der Waals surface area (Å²) in [6.07, 6.45) is 4.26. The van der Waals surface area contributed by atoms with Gasteiger partial charge in [-0.05, 0) is 58.4 Å². The van der Waals surface area contributed by atoms with Crippen molar-refractivity contribution in [1.82, 2.24) is 14.7 Å². The molecule has 0 aliphatic carbocycles. The third kappa shape index (κ3) is 5.82. The Bertz CT molecular complexity index is 517. The van der Waals surface area contributed by atoms with Gasteiger partial charge in [0.2, 0.25) is 5.91 Å². The van der Waals surface area contributed by atoms with Gasteiger partial charge in [0.1, 0.15) is 0 Å². The van der Waals surface area contributed by atoms with Gasteiger partial charge in [-0.2, -0.15) is 0 Å². The predicted molar refractivity (Wildman–Crippen MR) is 109 cm³/mol. The van der Waals surface area contributed by atoms with Crippen LogP contribution in [0.3, 0.4) is 0 Å². The second-order valence-electron chi connectivity index (χ2n) is 7.53. The fraction of sp³-hybridized carbons (Fsp3) is 0.682. The van der Waals surface area contributed by atoms with Gasteiger partial charge >= 0.3 is 0 Å². The summed E-state index contributed by atoms with van der Waals surface area (Å²) in [7, 11) is 4.36. The van der Waals surface area contributed by atoms with E-state index >= 15 is 0 Å². The van der Waals surface area contributed by atoms with Gasteiger partial charge in [0.25, 0.3) is 0 Å². The number of amides is 1. The molecule has 0 N–H and O–H groups in total. The largest absolute Gasteiger partial charge is 0.342 e. The molecule has 146 valence electrons. The number of piperidine rings is 2. The van der Waals surface area contributed by atoms with Crippen LogP contribution >= 0.6 is 0 Å². The number of hydrogen-bond donors (Lipinski definition) is 0. The zero-order valence-electron chi connectivity index (χ0n) is 17.2. The molecule has 2 heterocycles. The lowest BCUT2D eigenvalue weighted by Gasteiger charge is -2.39. The molecule has 0 radical (unpaired) electrons. The van der Waals surface area contributed by atoms with E-state index < -0.39 is 0 Å². The average molecular weight is 360 g/mol. The molecule has 26 heavy (non-hydrogen) atoms. The van der Waals surface area contributed by atoms with Crippen LogP contribution in [0.1, 0.15) is 45.1 Å². The Hall–Kier alpha value is -1.39. The quantitative estimate of drug-likeness (QED) is 0.823. The van der Waals surface area contributed by atoms with E-state index in [0.29, 0.717) is 11.9 Å². The van der Waals surface area contributed by atoms with Gasteiger partial charge in [-0.15, -0.1) is 0 Å². The molecule has 0 atom stereocenters. The van der Waals surface area contributed by atoms with Gasteiger partial charge in [-0.1, -0.05) is 44.2 Å². The van der Waals surface area contributed by atoms with Crippen LogP contribution in [0, 0.1) is 5.92 Å². The van der Waals surface area contributed by atoms with Crippen molar-refractivity contribution in [3.8, 4) is 0 Å². The Morgan fingerprint density at radius 3 is 2.15 bits per heavy atom. The van der Waals surface area contributed by atoms with Crippen LogP contribution in [-0.2, 0) is 11.3 Å².